The van der Waals surface area contributed by atoms with E-state index in [4.69, 9.17) is 11.6 Å². The van der Waals surface area contributed by atoms with E-state index in [2.05, 4.69) is 41.2 Å². The molecule has 5 rings (SSSR count). The van der Waals surface area contributed by atoms with Gasteiger partial charge in [-0.1, -0.05) is 11.6 Å². The molecule has 1 N–H and O–H groups in total. The number of halogens is 1. The number of anilines is 3. The van der Waals surface area contributed by atoms with E-state index in [0.29, 0.717) is 29.3 Å². The topological polar surface area (TPSA) is 89.1 Å². The Balaban J connectivity index is 1.31. The quantitative estimate of drug-likeness (QED) is 0.773. The van der Waals surface area contributed by atoms with Crippen LogP contribution in [0.25, 0.3) is 0 Å². The van der Waals surface area contributed by atoms with Gasteiger partial charge in [-0.25, -0.2) is 4.98 Å². The van der Waals surface area contributed by atoms with Crippen molar-refractivity contribution in [1.82, 2.24) is 29.5 Å². The molecule has 0 unspecified atom stereocenters. The van der Waals surface area contributed by atoms with Crippen molar-refractivity contribution in [3.63, 3.8) is 0 Å². The Labute approximate surface area is 181 Å². The summed E-state index contributed by atoms with van der Waals surface area (Å²) in [6.45, 7) is 5.93. The number of aryl methyl sites for hydroxylation is 1. The summed E-state index contributed by atoms with van der Waals surface area (Å²) >= 11 is 6.44. The second kappa shape index (κ2) is 7.69. The van der Waals surface area contributed by atoms with E-state index in [0.717, 1.165) is 38.4 Å². The highest BCUT2D eigenvalue weighted by atomic mass is 35.5. The highest BCUT2D eigenvalue weighted by Gasteiger charge is 2.50. The predicted octanol–water partition coefficient (Wildman–Crippen LogP) is 1.86. The minimum absolute atomic E-state index is 0.116. The molecule has 2 aromatic heterocycles. The molecule has 3 aliphatic rings. The number of nitrogens with zero attached hydrogens (tertiary/aromatic N) is 8. The third kappa shape index (κ3) is 3.49. The molecule has 0 amide bonds. The standard InChI is InChI=1S/C20H26ClN9/c1-27-11-15(9-24-27)25-19-23-10-17(21)18(26-19)29-13-20(14-29,4-5-22)30-8-7-28-6-2-3-16(28)12-30/h9-11,16H,2-4,6-8,12-14H2,1H3,(H,23,25,26)/t16-/m0/s1. The molecule has 3 fully saturated rings. The lowest BCUT2D eigenvalue weighted by Gasteiger charge is -2.58. The molecule has 30 heavy (non-hydrogen) atoms. The molecule has 1 atom stereocenters. The fraction of sp³-hybridized carbons (Fsp3) is 0.600. The molecular weight excluding hydrogens is 402 g/mol. The summed E-state index contributed by atoms with van der Waals surface area (Å²) in [4.78, 5) is 16.3. The zero-order chi connectivity index (χ0) is 20.7. The van der Waals surface area contributed by atoms with E-state index in [1.807, 2.05) is 13.2 Å². The number of nitrogens with one attached hydrogen (secondary N) is 1. The maximum absolute atomic E-state index is 9.53. The van der Waals surface area contributed by atoms with Crippen LogP contribution in [-0.2, 0) is 7.05 Å². The maximum Gasteiger partial charge on any atom is 0.229 e. The van der Waals surface area contributed by atoms with Gasteiger partial charge in [0.25, 0.3) is 0 Å². The molecule has 3 saturated heterocycles. The maximum atomic E-state index is 9.53. The molecular formula is C20H26ClN9. The van der Waals surface area contributed by atoms with Gasteiger partial charge in [-0.15, -0.1) is 0 Å². The Hall–Kier alpha value is -2.41. The van der Waals surface area contributed by atoms with E-state index < -0.39 is 0 Å². The predicted molar refractivity (Wildman–Crippen MR) is 115 cm³/mol. The molecule has 9 nitrogen and oxygen atoms in total. The van der Waals surface area contributed by atoms with Gasteiger partial charge in [0.05, 0.1) is 36.1 Å². The SMILES string of the molecule is Cn1cc(Nc2ncc(Cl)c(N3CC(CC#N)(N4CCN5CCC[C@H]5C4)C3)n2)cn1. The Morgan fingerprint density at radius 3 is 2.93 bits per heavy atom. The number of piperazine rings is 1. The van der Waals surface area contributed by atoms with Crippen LogP contribution in [0.1, 0.15) is 19.3 Å². The molecule has 10 heteroatoms. The summed E-state index contributed by atoms with van der Waals surface area (Å²) in [6, 6.07) is 3.07. The largest absolute Gasteiger partial charge is 0.351 e. The number of rotatable bonds is 5. The van der Waals surface area contributed by atoms with Gasteiger partial charge in [0.15, 0.2) is 5.82 Å². The third-order valence-corrected chi connectivity index (χ3v) is 6.89. The lowest BCUT2D eigenvalue weighted by molar-refractivity contribution is -0.000512. The molecule has 158 valence electrons. The first-order valence-corrected chi connectivity index (χ1v) is 10.8. The summed E-state index contributed by atoms with van der Waals surface area (Å²) in [5, 5.41) is 17.4. The number of aromatic nitrogens is 4. The molecule has 5 heterocycles. The number of fused-ring (bicyclic) bond motifs is 1. The Kier molecular flexibility index (Phi) is 5.01. The van der Waals surface area contributed by atoms with E-state index in [-0.39, 0.29) is 5.54 Å². The van der Waals surface area contributed by atoms with Gasteiger partial charge in [-0.3, -0.25) is 14.5 Å². The molecule has 0 aliphatic carbocycles. The van der Waals surface area contributed by atoms with E-state index in [1.54, 1.807) is 17.1 Å². The first-order chi connectivity index (χ1) is 14.6. The fourth-order valence-electron chi connectivity index (χ4n) is 5.06. The van der Waals surface area contributed by atoms with Crippen molar-refractivity contribution in [1.29, 1.82) is 5.26 Å². The molecule has 0 spiro atoms. The summed E-state index contributed by atoms with van der Waals surface area (Å²) in [7, 11) is 1.86. The van der Waals surface area contributed by atoms with Gasteiger partial charge >= 0.3 is 0 Å². The molecule has 0 saturated carbocycles. The van der Waals surface area contributed by atoms with Crippen LogP contribution in [0.5, 0.6) is 0 Å². The summed E-state index contributed by atoms with van der Waals surface area (Å²) in [5.74, 6) is 1.20. The van der Waals surface area contributed by atoms with Gasteiger partial charge in [0.1, 0.15) is 5.02 Å². The van der Waals surface area contributed by atoms with Crippen molar-refractivity contribution in [2.75, 3.05) is 49.5 Å². The van der Waals surface area contributed by atoms with Crippen molar-refractivity contribution >= 4 is 29.1 Å². The van der Waals surface area contributed by atoms with Gasteiger partial charge in [-0.05, 0) is 19.4 Å². The second-order valence-corrected chi connectivity index (χ2v) is 8.99. The van der Waals surface area contributed by atoms with Gasteiger partial charge in [-0.2, -0.15) is 15.3 Å². The Morgan fingerprint density at radius 2 is 2.17 bits per heavy atom. The zero-order valence-corrected chi connectivity index (χ0v) is 17.9. The normalized spacial score (nSPS) is 23.6. The van der Waals surface area contributed by atoms with Crippen LogP contribution in [0.15, 0.2) is 18.6 Å². The average molecular weight is 428 g/mol. The highest BCUT2D eigenvalue weighted by molar-refractivity contribution is 6.32. The van der Waals surface area contributed by atoms with Crippen LogP contribution in [0, 0.1) is 11.3 Å². The van der Waals surface area contributed by atoms with Crippen LogP contribution < -0.4 is 10.2 Å². The molecule has 2 aromatic rings. The zero-order valence-electron chi connectivity index (χ0n) is 17.1. The number of hydrogen-bond donors (Lipinski definition) is 1. The first-order valence-electron chi connectivity index (χ1n) is 10.5. The van der Waals surface area contributed by atoms with E-state index in [9.17, 15) is 5.26 Å². The van der Waals surface area contributed by atoms with Crippen LogP contribution in [0.4, 0.5) is 17.5 Å². The van der Waals surface area contributed by atoms with Crippen molar-refractivity contribution < 1.29 is 0 Å². The second-order valence-electron chi connectivity index (χ2n) is 8.59. The third-order valence-electron chi connectivity index (χ3n) is 6.62. The van der Waals surface area contributed by atoms with Crippen LogP contribution >= 0.6 is 11.6 Å². The monoisotopic (exact) mass is 427 g/mol. The lowest BCUT2D eigenvalue weighted by atomic mass is 9.83. The summed E-state index contributed by atoms with van der Waals surface area (Å²) in [5.41, 5.74) is 0.705. The van der Waals surface area contributed by atoms with E-state index in [1.165, 1.54) is 19.4 Å². The molecule has 3 aliphatic heterocycles. The first kappa shape index (κ1) is 19.5. The van der Waals surface area contributed by atoms with Crippen molar-refractivity contribution in [3.8, 4) is 6.07 Å². The van der Waals surface area contributed by atoms with E-state index >= 15 is 0 Å². The minimum Gasteiger partial charge on any atom is -0.351 e. The Bertz CT molecular complexity index is 961. The minimum atomic E-state index is -0.116. The van der Waals surface area contributed by atoms with Gasteiger partial charge < -0.3 is 10.2 Å². The molecule has 0 radical (unpaired) electrons. The average Bonchev–Trinajstić information content (AvgIpc) is 3.34. The summed E-state index contributed by atoms with van der Waals surface area (Å²) in [6.07, 6.45) is 8.30. The molecule has 0 bridgehead atoms. The van der Waals surface area contributed by atoms with Gasteiger partial charge in [0, 0.05) is 52.0 Å². The van der Waals surface area contributed by atoms with Gasteiger partial charge in [0.2, 0.25) is 5.95 Å². The van der Waals surface area contributed by atoms with Crippen molar-refractivity contribution in [3.05, 3.63) is 23.6 Å². The van der Waals surface area contributed by atoms with Crippen LogP contribution in [-0.4, -0.2) is 80.4 Å². The van der Waals surface area contributed by atoms with Crippen LogP contribution in [0.2, 0.25) is 5.02 Å². The van der Waals surface area contributed by atoms with Crippen LogP contribution in [0.3, 0.4) is 0 Å². The van der Waals surface area contributed by atoms with Crippen molar-refractivity contribution in [2.45, 2.75) is 30.8 Å². The Morgan fingerprint density at radius 1 is 1.30 bits per heavy atom. The molecule has 0 aromatic carbocycles. The lowest BCUT2D eigenvalue weighted by Crippen LogP contribution is -2.73. The fourth-order valence-corrected chi connectivity index (χ4v) is 5.27. The number of nitriles is 1. The number of hydrogen-bond acceptors (Lipinski definition) is 8. The highest BCUT2D eigenvalue weighted by Crippen LogP contribution is 2.39. The smallest absolute Gasteiger partial charge is 0.229 e. The van der Waals surface area contributed by atoms with Crippen molar-refractivity contribution in [2.24, 2.45) is 7.05 Å². The summed E-state index contributed by atoms with van der Waals surface area (Å²) < 4.78 is 1.72.